The smallest absolute Gasteiger partial charge is 0.324 e. The lowest BCUT2D eigenvalue weighted by molar-refractivity contribution is -0.185. The summed E-state index contributed by atoms with van der Waals surface area (Å²) in [5.74, 6) is -1.10. The fraction of sp³-hybridized carbons (Fsp3) is 1.00. The predicted octanol–water partition coefficient (Wildman–Crippen LogP) is 2.92. The third kappa shape index (κ3) is 3.60. The summed E-state index contributed by atoms with van der Waals surface area (Å²) < 4.78 is 37.7. The maximum absolute atomic E-state index is 12.6. The van der Waals surface area contributed by atoms with Gasteiger partial charge in [0.2, 0.25) is 0 Å². The van der Waals surface area contributed by atoms with Crippen molar-refractivity contribution in [3.63, 3.8) is 0 Å². The molecule has 2 aliphatic rings. The average molecular weight is 264 g/mol. The topological polar surface area (TPSA) is 29.3 Å². The number of nitrogens with zero attached hydrogens (tertiary/aromatic N) is 1. The molecule has 2 N–H and O–H groups in total. The minimum Gasteiger partial charge on any atom is -0.324 e. The minimum atomic E-state index is -4.02. The lowest BCUT2D eigenvalue weighted by Gasteiger charge is -2.41. The number of hydrogen-bond acceptors (Lipinski definition) is 2. The highest BCUT2D eigenvalue weighted by Gasteiger charge is 2.41. The van der Waals surface area contributed by atoms with E-state index in [1.54, 1.807) is 0 Å². The summed E-state index contributed by atoms with van der Waals surface area (Å²) in [6.45, 7) is 1.86. The van der Waals surface area contributed by atoms with Crippen molar-refractivity contribution in [1.82, 2.24) is 4.90 Å². The second-order valence-corrected chi connectivity index (χ2v) is 6.02. The molecule has 2 rings (SSSR count). The number of likely N-dealkylation sites (tertiary alicyclic amines) is 1. The molecule has 0 aromatic carbocycles. The molecule has 0 aromatic heterocycles. The third-order valence-corrected chi connectivity index (χ3v) is 4.44. The maximum Gasteiger partial charge on any atom is 0.391 e. The SMILES string of the molecule is NC1(CN2CCC(C(F)(F)F)CC2)CCCCC1. The van der Waals surface area contributed by atoms with Gasteiger partial charge < -0.3 is 10.6 Å². The number of rotatable bonds is 2. The highest BCUT2D eigenvalue weighted by Crippen LogP contribution is 2.35. The van der Waals surface area contributed by atoms with Crippen LogP contribution in [0.1, 0.15) is 44.9 Å². The van der Waals surface area contributed by atoms with Crippen molar-refractivity contribution in [2.45, 2.75) is 56.7 Å². The normalized spacial score (nSPS) is 27.3. The van der Waals surface area contributed by atoms with E-state index in [4.69, 9.17) is 5.73 Å². The molecule has 0 atom stereocenters. The van der Waals surface area contributed by atoms with Crippen LogP contribution in [0.3, 0.4) is 0 Å². The Morgan fingerprint density at radius 1 is 1.06 bits per heavy atom. The Bertz CT molecular complexity index is 264. The average Bonchev–Trinajstić information content (AvgIpc) is 2.29. The Kier molecular flexibility index (Phi) is 4.22. The van der Waals surface area contributed by atoms with Crippen molar-refractivity contribution in [2.75, 3.05) is 19.6 Å². The Labute approximate surface area is 107 Å². The van der Waals surface area contributed by atoms with Gasteiger partial charge in [-0.25, -0.2) is 0 Å². The van der Waals surface area contributed by atoms with Crippen molar-refractivity contribution < 1.29 is 13.2 Å². The largest absolute Gasteiger partial charge is 0.391 e. The highest BCUT2D eigenvalue weighted by atomic mass is 19.4. The molecular formula is C13H23F3N2. The summed E-state index contributed by atoms with van der Waals surface area (Å²) in [5.41, 5.74) is 6.20. The molecule has 0 amide bonds. The van der Waals surface area contributed by atoms with E-state index in [2.05, 4.69) is 4.90 Å². The minimum absolute atomic E-state index is 0.149. The molecule has 1 aliphatic heterocycles. The molecule has 0 radical (unpaired) electrons. The van der Waals surface area contributed by atoms with Crippen LogP contribution < -0.4 is 5.73 Å². The zero-order valence-electron chi connectivity index (χ0n) is 10.8. The van der Waals surface area contributed by atoms with E-state index in [0.29, 0.717) is 13.1 Å². The van der Waals surface area contributed by atoms with Crippen molar-refractivity contribution in [3.05, 3.63) is 0 Å². The maximum atomic E-state index is 12.6. The summed E-state index contributed by atoms with van der Waals surface area (Å²) in [6.07, 6.45) is 2.06. The van der Waals surface area contributed by atoms with Crippen molar-refractivity contribution >= 4 is 0 Å². The van der Waals surface area contributed by atoms with Crippen molar-refractivity contribution in [2.24, 2.45) is 11.7 Å². The van der Waals surface area contributed by atoms with Crippen LogP contribution in [0.25, 0.3) is 0 Å². The van der Waals surface area contributed by atoms with Gasteiger partial charge in [-0.3, -0.25) is 0 Å². The van der Waals surface area contributed by atoms with Crippen LogP contribution >= 0.6 is 0 Å². The van der Waals surface area contributed by atoms with Gasteiger partial charge in [-0.05, 0) is 38.8 Å². The highest BCUT2D eigenvalue weighted by molar-refractivity contribution is 4.91. The summed E-state index contributed by atoms with van der Waals surface area (Å²) in [7, 11) is 0. The number of nitrogens with two attached hydrogens (primary N) is 1. The zero-order valence-corrected chi connectivity index (χ0v) is 10.8. The number of alkyl halides is 3. The van der Waals surface area contributed by atoms with Crippen LogP contribution in [0.5, 0.6) is 0 Å². The Balaban J connectivity index is 1.79. The van der Waals surface area contributed by atoms with E-state index in [0.717, 1.165) is 32.2 Å². The Hall–Kier alpha value is -0.290. The summed E-state index contributed by atoms with van der Waals surface area (Å²) in [6, 6.07) is 0. The van der Waals surface area contributed by atoms with Crippen LogP contribution in [-0.2, 0) is 0 Å². The molecule has 106 valence electrons. The second-order valence-electron chi connectivity index (χ2n) is 6.02. The van der Waals surface area contributed by atoms with Crippen LogP contribution in [0.4, 0.5) is 13.2 Å². The van der Waals surface area contributed by atoms with E-state index in [1.165, 1.54) is 6.42 Å². The first kappa shape index (κ1) is 14.1. The zero-order chi connectivity index (χ0) is 13.2. The molecule has 2 nitrogen and oxygen atoms in total. The first-order valence-electron chi connectivity index (χ1n) is 6.97. The molecule has 0 spiro atoms. The molecular weight excluding hydrogens is 241 g/mol. The molecule has 0 bridgehead atoms. The van der Waals surface area contributed by atoms with Gasteiger partial charge in [0.25, 0.3) is 0 Å². The van der Waals surface area contributed by atoms with E-state index in [1.807, 2.05) is 0 Å². The van der Waals surface area contributed by atoms with Crippen LogP contribution in [0.15, 0.2) is 0 Å². The van der Waals surface area contributed by atoms with E-state index >= 15 is 0 Å². The first-order chi connectivity index (χ1) is 8.39. The van der Waals surface area contributed by atoms with Gasteiger partial charge in [-0.1, -0.05) is 19.3 Å². The summed E-state index contributed by atoms with van der Waals surface area (Å²) >= 11 is 0. The fourth-order valence-electron chi connectivity index (χ4n) is 3.28. The Morgan fingerprint density at radius 2 is 1.61 bits per heavy atom. The second kappa shape index (κ2) is 5.37. The van der Waals surface area contributed by atoms with Crippen molar-refractivity contribution in [3.8, 4) is 0 Å². The van der Waals surface area contributed by atoms with Gasteiger partial charge in [0.15, 0.2) is 0 Å². The monoisotopic (exact) mass is 264 g/mol. The predicted molar refractivity (Wildman–Crippen MR) is 65.2 cm³/mol. The standard InChI is InChI=1S/C13H23F3N2/c14-13(15,16)11-4-8-18(9-5-11)10-12(17)6-2-1-3-7-12/h11H,1-10,17H2. The van der Waals surface area contributed by atoms with Crippen molar-refractivity contribution in [1.29, 1.82) is 0 Å². The molecule has 5 heteroatoms. The molecule has 0 unspecified atom stereocenters. The fourth-order valence-corrected chi connectivity index (χ4v) is 3.28. The van der Waals surface area contributed by atoms with Gasteiger partial charge >= 0.3 is 6.18 Å². The molecule has 18 heavy (non-hydrogen) atoms. The van der Waals surface area contributed by atoms with Gasteiger partial charge in [0, 0.05) is 12.1 Å². The summed E-state index contributed by atoms with van der Waals surface area (Å²) in [4.78, 5) is 2.13. The van der Waals surface area contributed by atoms with E-state index < -0.39 is 12.1 Å². The Morgan fingerprint density at radius 3 is 2.11 bits per heavy atom. The lowest BCUT2D eigenvalue weighted by Crippen LogP contribution is -2.53. The molecule has 1 saturated heterocycles. The lowest BCUT2D eigenvalue weighted by atomic mass is 9.81. The molecule has 1 saturated carbocycles. The molecule has 1 aliphatic carbocycles. The number of halogens is 3. The third-order valence-electron chi connectivity index (χ3n) is 4.44. The van der Waals surface area contributed by atoms with E-state index in [9.17, 15) is 13.2 Å². The van der Waals surface area contributed by atoms with Gasteiger partial charge in [0.05, 0.1) is 5.92 Å². The van der Waals surface area contributed by atoms with E-state index in [-0.39, 0.29) is 18.4 Å². The molecule has 2 fully saturated rings. The first-order valence-corrected chi connectivity index (χ1v) is 6.97. The van der Waals surface area contributed by atoms with Crippen LogP contribution in [-0.4, -0.2) is 36.2 Å². The molecule has 0 aromatic rings. The quantitative estimate of drug-likeness (QED) is 0.831. The van der Waals surface area contributed by atoms with Crippen LogP contribution in [0.2, 0.25) is 0 Å². The number of piperidine rings is 1. The molecule has 1 heterocycles. The van der Waals surface area contributed by atoms with Crippen LogP contribution in [0, 0.1) is 5.92 Å². The van der Waals surface area contributed by atoms with Gasteiger partial charge in [-0.15, -0.1) is 0 Å². The van der Waals surface area contributed by atoms with Gasteiger partial charge in [-0.2, -0.15) is 13.2 Å². The number of hydrogen-bond donors (Lipinski definition) is 1. The summed E-state index contributed by atoms with van der Waals surface area (Å²) in [5, 5.41) is 0. The van der Waals surface area contributed by atoms with Gasteiger partial charge in [0.1, 0.15) is 0 Å².